The van der Waals surface area contributed by atoms with Crippen LogP contribution in [0.1, 0.15) is 28.9 Å². The number of allylic oxidation sites excluding steroid dienone is 1. The van der Waals surface area contributed by atoms with Crippen molar-refractivity contribution in [1.82, 2.24) is 10.3 Å². The van der Waals surface area contributed by atoms with Gasteiger partial charge in [-0.2, -0.15) is 4.98 Å². The van der Waals surface area contributed by atoms with E-state index in [-0.39, 0.29) is 11.6 Å². The highest BCUT2D eigenvalue weighted by atomic mass is 35.5. The van der Waals surface area contributed by atoms with E-state index in [0.29, 0.717) is 44.6 Å². The molecule has 0 saturated heterocycles. The summed E-state index contributed by atoms with van der Waals surface area (Å²) in [7, 11) is 1.28. The first-order valence-electron chi connectivity index (χ1n) is 11.4. The van der Waals surface area contributed by atoms with E-state index >= 15 is 0 Å². The van der Waals surface area contributed by atoms with Gasteiger partial charge in [0.1, 0.15) is 11.6 Å². The largest absolute Gasteiger partial charge is 0.465 e. The summed E-state index contributed by atoms with van der Waals surface area (Å²) in [6.07, 6.45) is 0. The number of ether oxygens (including phenoxy) is 1. The van der Waals surface area contributed by atoms with Gasteiger partial charge in [0.2, 0.25) is 5.96 Å². The third kappa shape index (κ3) is 4.89. The fourth-order valence-electron chi connectivity index (χ4n) is 4.05. The summed E-state index contributed by atoms with van der Waals surface area (Å²) in [5, 5.41) is 9.45. The lowest BCUT2D eigenvalue weighted by atomic mass is 9.95. The highest BCUT2D eigenvalue weighted by Gasteiger charge is 2.31. The number of carbonyl (C=O) groups is 2. The summed E-state index contributed by atoms with van der Waals surface area (Å²) in [5.41, 5.74) is 3.37. The number of halogens is 1. The van der Waals surface area contributed by atoms with Crippen molar-refractivity contribution in [2.75, 3.05) is 17.7 Å². The fraction of sp³-hybridized carbons (Fsp3) is 0.111. The Morgan fingerprint density at radius 1 is 1.03 bits per heavy atom. The maximum absolute atomic E-state index is 13.6. The normalized spacial score (nSPS) is 15.1. The Morgan fingerprint density at radius 2 is 1.76 bits per heavy atom. The van der Waals surface area contributed by atoms with Crippen LogP contribution in [0.25, 0.3) is 11.1 Å². The number of nitrogens with zero attached hydrogens (tertiary/aromatic N) is 2. The molecule has 1 amide bonds. The number of aliphatic imine (C=N–C) groups is 1. The zero-order chi connectivity index (χ0) is 25.9. The van der Waals surface area contributed by atoms with Crippen LogP contribution in [0, 0.1) is 0 Å². The number of guanidine groups is 1. The number of hydrogen-bond donors (Lipinski definition) is 3. The fourth-order valence-corrected chi connectivity index (χ4v) is 4.29. The zero-order valence-corrected chi connectivity index (χ0v) is 20.7. The second-order valence-electron chi connectivity index (χ2n) is 8.17. The minimum atomic E-state index is -0.757. The van der Waals surface area contributed by atoms with Crippen LogP contribution in [-0.4, -0.2) is 29.9 Å². The van der Waals surface area contributed by atoms with Gasteiger partial charge in [0.25, 0.3) is 5.91 Å². The molecule has 3 N–H and O–H groups in total. The first-order chi connectivity index (χ1) is 17.9. The van der Waals surface area contributed by atoms with Crippen molar-refractivity contribution < 1.29 is 18.7 Å². The van der Waals surface area contributed by atoms with E-state index in [2.05, 4.69) is 20.9 Å². The smallest absolute Gasteiger partial charge is 0.339 e. The predicted molar refractivity (Wildman–Crippen MR) is 142 cm³/mol. The van der Waals surface area contributed by atoms with Crippen LogP contribution >= 0.6 is 11.6 Å². The molecule has 0 radical (unpaired) electrons. The van der Waals surface area contributed by atoms with Gasteiger partial charge in [-0.1, -0.05) is 54.1 Å². The quantitative estimate of drug-likeness (QED) is 0.309. The van der Waals surface area contributed by atoms with Gasteiger partial charge < -0.3 is 19.8 Å². The van der Waals surface area contributed by atoms with Crippen molar-refractivity contribution in [3.63, 3.8) is 0 Å². The van der Waals surface area contributed by atoms with Crippen molar-refractivity contribution in [3.05, 3.63) is 100 Å². The Kier molecular flexibility index (Phi) is 6.61. The Hall–Kier alpha value is -4.63. The summed E-state index contributed by atoms with van der Waals surface area (Å²) in [5.74, 6) is -0.676. The molecule has 2 heterocycles. The summed E-state index contributed by atoms with van der Waals surface area (Å²) in [6, 6.07) is 20.7. The van der Waals surface area contributed by atoms with E-state index in [9.17, 15) is 9.59 Å². The van der Waals surface area contributed by atoms with Crippen LogP contribution in [0.3, 0.4) is 0 Å². The number of rotatable bonds is 5. The number of oxazole rings is 1. The van der Waals surface area contributed by atoms with Gasteiger partial charge in [-0.15, -0.1) is 0 Å². The number of hydrogen-bond acceptors (Lipinski definition) is 8. The summed E-state index contributed by atoms with van der Waals surface area (Å²) >= 11 is 6.53. The van der Waals surface area contributed by atoms with E-state index < -0.39 is 17.9 Å². The number of carbonyl (C=O) groups excluding carboxylic acids is 2. The molecule has 0 fully saturated rings. The Morgan fingerprint density at radius 3 is 2.54 bits per heavy atom. The maximum Gasteiger partial charge on any atom is 0.339 e. The van der Waals surface area contributed by atoms with Crippen molar-refractivity contribution in [1.29, 1.82) is 0 Å². The van der Waals surface area contributed by atoms with Crippen LogP contribution < -0.4 is 16.0 Å². The number of nitrogens with one attached hydrogen (secondary N) is 3. The molecular weight excluding hydrogens is 494 g/mol. The second-order valence-corrected chi connectivity index (χ2v) is 8.58. The van der Waals surface area contributed by atoms with E-state index in [1.54, 1.807) is 43.3 Å². The molecule has 1 aromatic heterocycles. The number of benzene rings is 3. The van der Waals surface area contributed by atoms with Gasteiger partial charge in [-0.25, -0.2) is 9.79 Å². The second kappa shape index (κ2) is 10.2. The number of aromatic nitrogens is 1. The van der Waals surface area contributed by atoms with Crippen molar-refractivity contribution in [2.45, 2.75) is 13.0 Å². The first kappa shape index (κ1) is 24.1. The Bertz CT molecular complexity index is 1540. The maximum atomic E-state index is 13.6. The number of methoxy groups -OCH3 is 1. The highest BCUT2D eigenvalue weighted by Crippen LogP contribution is 2.35. The van der Waals surface area contributed by atoms with Crippen molar-refractivity contribution in [2.24, 2.45) is 4.99 Å². The molecule has 0 aliphatic carbocycles. The molecule has 10 heteroatoms. The van der Waals surface area contributed by atoms with Crippen molar-refractivity contribution >= 4 is 52.2 Å². The molecule has 1 unspecified atom stereocenters. The molecule has 1 aliphatic heterocycles. The standard InChI is InChI=1S/C27H22ClN5O4/c1-15-22(24(34)30-19-12-6-4-10-17(19)25(35)36-2)23(16-9-3-5-11-18(16)28)32-26(29-15)33-27-31-20-13-7-8-14-21(20)37-27/h3-14,23H,1-2H3,(H,30,34)(H2,29,31,32,33). The van der Waals surface area contributed by atoms with Crippen LogP contribution in [0.5, 0.6) is 0 Å². The SMILES string of the molecule is COC(=O)c1ccccc1NC(=O)C1=C(C)NC(Nc2nc3ccccc3o2)=NC1c1ccccc1Cl. The molecule has 1 aliphatic rings. The first-order valence-corrected chi connectivity index (χ1v) is 11.7. The lowest BCUT2D eigenvalue weighted by molar-refractivity contribution is -0.113. The lowest BCUT2D eigenvalue weighted by Crippen LogP contribution is -2.37. The Balaban J connectivity index is 1.50. The minimum Gasteiger partial charge on any atom is -0.465 e. The lowest BCUT2D eigenvalue weighted by Gasteiger charge is -2.27. The van der Waals surface area contributed by atoms with Gasteiger partial charge >= 0.3 is 12.0 Å². The number of anilines is 2. The highest BCUT2D eigenvalue weighted by molar-refractivity contribution is 6.31. The summed E-state index contributed by atoms with van der Waals surface area (Å²) in [4.78, 5) is 35.0. The third-order valence-electron chi connectivity index (χ3n) is 5.79. The minimum absolute atomic E-state index is 0.233. The number of para-hydroxylation sites is 3. The molecule has 0 saturated carbocycles. The molecule has 37 heavy (non-hydrogen) atoms. The molecule has 4 aromatic rings. The molecule has 3 aromatic carbocycles. The van der Waals surface area contributed by atoms with Gasteiger partial charge in [0.05, 0.1) is 23.9 Å². The topological polar surface area (TPSA) is 118 Å². The van der Waals surface area contributed by atoms with Gasteiger partial charge in [0.15, 0.2) is 5.58 Å². The molecule has 0 spiro atoms. The zero-order valence-electron chi connectivity index (χ0n) is 19.9. The van der Waals surface area contributed by atoms with Crippen LogP contribution in [0.2, 0.25) is 5.02 Å². The molecule has 1 atom stereocenters. The van der Waals surface area contributed by atoms with E-state index in [1.165, 1.54) is 7.11 Å². The Labute approximate surface area is 217 Å². The van der Waals surface area contributed by atoms with Gasteiger partial charge in [-0.3, -0.25) is 10.1 Å². The van der Waals surface area contributed by atoms with E-state index in [1.807, 2.05) is 36.4 Å². The van der Waals surface area contributed by atoms with Crippen molar-refractivity contribution in [3.8, 4) is 0 Å². The monoisotopic (exact) mass is 515 g/mol. The molecular formula is C27H22ClN5O4. The van der Waals surface area contributed by atoms with Gasteiger partial charge in [-0.05, 0) is 37.3 Å². The molecule has 9 nitrogen and oxygen atoms in total. The average molecular weight is 516 g/mol. The van der Waals surface area contributed by atoms with Crippen LogP contribution in [0.15, 0.2) is 93.5 Å². The summed E-state index contributed by atoms with van der Waals surface area (Å²) in [6.45, 7) is 1.76. The van der Waals surface area contributed by atoms with Crippen LogP contribution in [-0.2, 0) is 9.53 Å². The van der Waals surface area contributed by atoms with Gasteiger partial charge in [0, 0.05) is 16.3 Å². The van der Waals surface area contributed by atoms with Crippen LogP contribution in [0.4, 0.5) is 11.7 Å². The molecule has 186 valence electrons. The van der Waals surface area contributed by atoms with E-state index in [4.69, 9.17) is 25.7 Å². The van der Waals surface area contributed by atoms with E-state index in [0.717, 1.165) is 0 Å². The number of fused-ring (bicyclic) bond motifs is 1. The third-order valence-corrected chi connectivity index (χ3v) is 6.13. The predicted octanol–water partition coefficient (Wildman–Crippen LogP) is 5.29. The summed E-state index contributed by atoms with van der Waals surface area (Å²) < 4.78 is 10.6. The average Bonchev–Trinajstić information content (AvgIpc) is 3.30. The number of amides is 1. The molecule has 5 rings (SSSR count). The molecule has 0 bridgehead atoms. The number of esters is 1.